The average Bonchev–Trinajstić information content (AvgIpc) is 3.12. The topological polar surface area (TPSA) is 83.5 Å². The summed E-state index contributed by atoms with van der Waals surface area (Å²) >= 11 is 0. The van der Waals surface area contributed by atoms with Crippen molar-refractivity contribution in [3.05, 3.63) is 53.6 Å². The van der Waals surface area contributed by atoms with Gasteiger partial charge in [-0.2, -0.15) is 0 Å². The van der Waals surface area contributed by atoms with Crippen LogP contribution in [0.15, 0.2) is 42.5 Å². The molecule has 156 valence electrons. The standard InChI is InChI=1S/C22H26O7/c1-25-17-9-15(10-18(26-2)21(17)27-3)20(23)19-16(13-29-22(19)24)12-28-11-14-7-5-4-6-8-14/h4-10,16,19-20,23H,11-13H2,1-3H3/t16-,19-,20?/m0/s1. The molecule has 1 aliphatic heterocycles. The minimum Gasteiger partial charge on any atom is -0.493 e. The highest BCUT2D eigenvalue weighted by atomic mass is 16.5. The Hall–Kier alpha value is -2.77. The third-order valence-electron chi connectivity index (χ3n) is 5.03. The van der Waals surface area contributed by atoms with Crippen molar-refractivity contribution >= 4 is 5.97 Å². The van der Waals surface area contributed by atoms with E-state index in [9.17, 15) is 9.90 Å². The van der Waals surface area contributed by atoms with Crippen LogP contribution in [0.5, 0.6) is 17.2 Å². The Morgan fingerprint density at radius 1 is 1.07 bits per heavy atom. The van der Waals surface area contributed by atoms with Crippen LogP contribution in [0.25, 0.3) is 0 Å². The minimum atomic E-state index is -1.09. The normalized spacial score (nSPS) is 19.5. The van der Waals surface area contributed by atoms with E-state index >= 15 is 0 Å². The number of benzene rings is 2. The van der Waals surface area contributed by atoms with Gasteiger partial charge in [0.1, 0.15) is 0 Å². The van der Waals surface area contributed by atoms with E-state index in [1.807, 2.05) is 30.3 Å². The van der Waals surface area contributed by atoms with E-state index in [2.05, 4.69) is 0 Å². The maximum absolute atomic E-state index is 12.3. The van der Waals surface area contributed by atoms with E-state index in [1.54, 1.807) is 12.1 Å². The Bertz CT molecular complexity index is 796. The van der Waals surface area contributed by atoms with Gasteiger partial charge in [-0.05, 0) is 23.3 Å². The minimum absolute atomic E-state index is 0.208. The lowest BCUT2D eigenvalue weighted by Crippen LogP contribution is -2.27. The summed E-state index contributed by atoms with van der Waals surface area (Å²) in [5.41, 5.74) is 1.52. The number of ether oxygens (including phenoxy) is 5. The molecule has 0 aliphatic carbocycles. The zero-order valence-electron chi connectivity index (χ0n) is 16.8. The molecule has 0 aromatic heterocycles. The molecule has 29 heavy (non-hydrogen) atoms. The number of esters is 1. The van der Waals surface area contributed by atoms with Gasteiger partial charge < -0.3 is 28.8 Å². The second-order valence-electron chi connectivity index (χ2n) is 6.82. The molecule has 1 fully saturated rings. The maximum atomic E-state index is 12.3. The number of hydrogen-bond acceptors (Lipinski definition) is 7. The third kappa shape index (κ3) is 4.63. The monoisotopic (exact) mass is 402 g/mol. The van der Waals surface area contributed by atoms with Crippen molar-refractivity contribution in [2.75, 3.05) is 34.5 Å². The van der Waals surface area contributed by atoms with Gasteiger partial charge in [0.15, 0.2) is 11.5 Å². The molecule has 3 rings (SSSR count). The zero-order chi connectivity index (χ0) is 20.8. The number of hydrogen-bond donors (Lipinski definition) is 1. The molecule has 7 nitrogen and oxygen atoms in total. The fourth-order valence-corrected chi connectivity index (χ4v) is 3.50. The van der Waals surface area contributed by atoms with E-state index in [0.29, 0.717) is 36.0 Å². The number of rotatable bonds is 9. The highest BCUT2D eigenvalue weighted by Crippen LogP contribution is 2.43. The summed E-state index contributed by atoms with van der Waals surface area (Å²) in [5.74, 6) is -0.218. The first kappa shape index (κ1) is 21.0. The highest BCUT2D eigenvalue weighted by molar-refractivity contribution is 5.76. The number of carbonyl (C=O) groups excluding carboxylic acids is 1. The first-order chi connectivity index (χ1) is 14.1. The second kappa shape index (κ2) is 9.62. The van der Waals surface area contributed by atoms with Crippen molar-refractivity contribution in [3.8, 4) is 17.2 Å². The van der Waals surface area contributed by atoms with Crippen molar-refractivity contribution in [2.24, 2.45) is 11.8 Å². The molecule has 1 saturated heterocycles. The Morgan fingerprint density at radius 3 is 2.31 bits per heavy atom. The number of cyclic esters (lactones) is 1. The molecule has 1 heterocycles. The lowest BCUT2D eigenvalue weighted by Gasteiger charge is -2.23. The summed E-state index contributed by atoms with van der Waals surface area (Å²) in [5, 5.41) is 11.0. The quantitative estimate of drug-likeness (QED) is 0.646. The summed E-state index contributed by atoms with van der Waals surface area (Å²) < 4.78 is 27.0. The van der Waals surface area contributed by atoms with Gasteiger partial charge in [-0.15, -0.1) is 0 Å². The van der Waals surface area contributed by atoms with E-state index in [4.69, 9.17) is 23.7 Å². The van der Waals surface area contributed by atoms with Gasteiger partial charge >= 0.3 is 5.97 Å². The Balaban J connectivity index is 1.75. The molecule has 2 aromatic rings. The van der Waals surface area contributed by atoms with Gasteiger partial charge in [0.2, 0.25) is 5.75 Å². The van der Waals surface area contributed by atoms with Gasteiger partial charge in [0, 0.05) is 5.92 Å². The summed E-state index contributed by atoms with van der Waals surface area (Å²) in [6.45, 7) is 0.936. The van der Waals surface area contributed by atoms with Crippen LogP contribution >= 0.6 is 0 Å². The second-order valence-corrected chi connectivity index (χ2v) is 6.82. The molecule has 0 radical (unpaired) electrons. The molecule has 0 saturated carbocycles. The molecule has 0 amide bonds. The largest absolute Gasteiger partial charge is 0.493 e. The van der Waals surface area contributed by atoms with Crippen LogP contribution in [0.3, 0.4) is 0 Å². The van der Waals surface area contributed by atoms with Crippen LogP contribution in [0.1, 0.15) is 17.2 Å². The average molecular weight is 402 g/mol. The van der Waals surface area contributed by atoms with Crippen molar-refractivity contribution in [2.45, 2.75) is 12.7 Å². The van der Waals surface area contributed by atoms with E-state index in [1.165, 1.54) is 21.3 Å². The van der Waals surface area contributed by atoms with Gasteiger partial charge in [-0.3, -0.25) is 4.79 Å². The molecule has 1 aliphatic rings. The van der Waals surface area contributed by atoms with E-state index < -0.39 is 18.0 Å². The summed E-state index contributed by atoms with van der Waals surface area (Å²) in [6, 6.07) is 13.0. The molecular weight excluding hydrogens is 376 g/mol. The van der Waals surface area contributed by atoms with Crippen LogP contribution in [-0.2, 0) is 20.9 Å². The molecule has 1 unspecified atom stereocenters. The first-order valence-corrected chi connectivity index (χ1v) is 9.35. The van der Waals surface area contributed by atoms with Crippen LogP contribution in [-0.4, -0.2) is 45.6 Å². The Morgan fingerprint density at radius 2 is 1.72 bits per heavy atom. The van der Waals surface area contributed by atoms with Crippen molar-refractivity contribution in [3.63, 3.8) is 0 Å². The number of aliphatic hydroxyl groups excluding tert-OH is 1. The highest BCUT2D eigenvalue weighted by Gasteiger charge is 2.43. The Kier molecular flexibility index (Phi) is 6.95. The zero-order valence-corrected chi connectivity index (χ0v) is 16.8. The third-order valence-corrected chi connectivity index (χ3v) is 5.03. The van der Waals surface area contributed by atoms with Crippen LogP contribution in [0, 0.1) is 11.8 Å². The van der Waals surface area contributed by atoms with E-state index in [0.717, 1.165) is 5.56 Å². The van der Waals surface area contributed by atoms with Gasteiger partial charge in [-0.1, -0.05) is 30.3 Å². The number of methoxy groups -OCH3 is 3. The van der Waals surface area contributed by atoms with Gasteiger partial charge in [-0.25, -0.2) is 0 Å². The van der Waals surface area contributed by atoms with Gasteiger partial charge in [0.25, 0.3) is 0 Å². The fraction of sp³-hybridized carbons (Fsp3) is 0.409. The lowest BCUT2D eigenvalue weighted by molar-refractivity contribution is -0.144. The SMILES string of the molecule is COc1cc(C(O)[C@H]2C(=O)OC[C@@H]2COCc2ccccc2)cc(OC)c1OC. The molecule has 7 heteroatoms. The summed E-state index contributed by atoms with van der Waals surface area (Å²) in [7, 11) is 4.50. The summed E-state index contributed by atoms with van der Waals surface area (Å²) in [6.07, 6.45) is -1.09. The molecule has 0 spiro atoms. The van der Waals surface area contributed by atoms with Crippen molar-refractivity contribution in [1.29, 1.82) is 0 Å². The van der Waals surface area contributed by atoms with Crippen molar-refractivity contribution in [1.82, 2.24) is 0 Å². The molecular formula is C22H26O7. The first-order valence-electron chi connectivity index (χ1n) is 9.35. The smallest absolute Gasteiger partial charge is 0.312 e. The molecule has 2 aromatic carbocycles. The maximum Gasteiger partial charge on any atom is 0.312 e. The van der Waals surface area contributed by atoms with Crippen LogP contribution in [0.4, 0.5) is 0 Å². The number of carbonyl (C=O) groups is 1. The van der Waals surface area contributed by atoms with Crippen LogP contribution in [0.2, 0.25) is 0 Å². The Labute approximate surface area is 170 Å². The predicted molar refractivity (Wildman–Crippen MR) is 105 cm³/mol. The van der Waals surface area contributed by atoms with Gasteiger partial charge in [0.05, 0.1) is 53.2 Å². The van der Waals surface area contributed by atoms with E-state index in [-0.39, 0.29) is 12.5 Å². The predicted octanol–water partition coefficient (Wildman–Crippen LogP) is 2.75. The lowest BCUT2D eigenvalue weighted by atomic mass is 9.86. The van der Waals surface area contributed by atoms with Crippen LogP contribution < -0.4 is 14.2 Å². The molecule has 0 bridgehead atoms. The molecule has 1 N–H and O–H groups in total. The number of aliphatic hydroxyl groups is 1. The summed E-state index contributed by atoms with van der Waals surface area (Å²) in [4.78, 5) is 12.3. The van der Waals surface area contributed by atoms with Crippen molar-refractivity contribution < 1.29 is 33.6 Å². The fourth-order valence-electron chi connectivity index (χ4n) is 3.50. The molecule has 3 atom stereocenters.